The van der Waals surface area contributed by atoms with E-state index in [0.29, 0.717) is 24.5 Å². The molecule has 1 aromatic heterocycles. The van der Waals surface area contributed by atoms with Crippen molar-refractivity contribution in [2.24, 2.45) is 5.92 Å². The van der Waals surface area contributed by atoms with Crippen molar-refractivity contribution in [3.8, 4) is 0 Å². The van der Waals surface area contributed by atoms with Gasteiger partial charge in [0.05, 0.1) is 5.69 Å². The van der Waals surface area contributed by atoms with Crippen LogP contribution in [-0.4, -0.2) is 33.3 Å². The van der Waals surface area contributed by atoms with Gasteiger partial charge < -0.3 is 15.1 Å². The molecule has 1 fully saturated rings. The molecule has 4 rings (SSSR count). The molecule has 0 spiro atoms. The van der Waals surface area contributed by atoms with Crippen molar-refractivity contribution < 1.29 is 22.2 Å². The summed E-state index contributed by atoms with van der Waals surface area (Å²) >= 11 is 0. The molecule has 2 atom stereocenters. The Morgan fingerprint density at radius 2 is 1.88 bits per heavy atom. The second kappa shape index (κ2) is 9.57. The van der Waals surface area contributed by atoms with Gasteiger partial charge in [-0.05, 0) is 62.6 Å². The van der Waals surface area contributed by atoms with E-state index in [2.05, 4.69) is 16.7 Å². The number of benzene rings is 1. The van der Waals surface area contributed by atoms with Gasteiger partial charge in [0.25, 0.3) is 5.66 Å². The zero-order chi connectivity index (χ0) is 22.9. The summed E-state index contributed by atoms with van der Waals surface area (Å²) < 4.78 is 47.1. The third-order valence-corrected chi connectivity index (χ3v) is 8.04. The molecule has 2 N–H and O–H groups in total. The van der Waals surface area contributed by atoms with Crippen LogP contribution < -0.4 is 10.6 Å². The standard InChI is InChI=1S/C22H28F2N3O3PS/c1-14-19(26-21(28)25-18-8-4-6-15-5-2-3-7-17(15)18)13-20(30-14)32(29)27-11-9-16(10-12-27)22(23,24)31/h4,6,8,13,16H,2-3,5,7,9-12,31H2,1H3,(H2,25,26,28). The summed E-state index contributed by atoms with van der Waals surface area (Å²) in [5.74, 6) is -0.297. The van der Waals surface area contributed by atoms with E-state index in [-0.39, 0.29) is 17.9 Å². The molecule has 0 bridgehead atoms. The summed E-state index contributed by atoms with van der Waals surface area (Å²) in [6.07, 6.45) is 4.75. The first-order valence-corrected chi connectivity index (χ1v) is 12.5. The molecule has 1 aliphatic heterocycles. The minimum atomic E-state index is -2.81. The fraction of sp³-hybridized carbons (Fsp3) is 0.500. The van der Waals surface area contributed by atoms with Gasteiger partial charge in [0, 0.05) is 30.8 Å². The zero-order valence-electron chi connectivity index (χ0n) is 18.0. The normalized spacial score (nSPS) is 18.8. The molecule has 32 heavy (non-hydrogen) atoms. The molecule has 0 radical (unpaired) electrons. The minimum Gasteiger partial charge on any atom is -0.449 e. The third-order valence-electron chi connectivity index (χ3n) is 6.19. The molecular formula is C22H28F2N3O3PS. The lowest BCUT2D eigenvalue weighted by atomic mass is 9.90. The molecule has 0 saturated carbocycles. The van der Waals surface area contributed by atoms with Crippen LogP contribution in [0.15, 0.2) is 33.8 Å². The highest BCUT2D eigenvalue weighted by atomic mass is 32.2. The topological polar surface area (TPSA) is 74.6 Å². The summed E-state index contributed by atoms with van der Waals surface area (Å²) in [5.41, 5.74) is 0.881. The number of anilines is 2. The number of rotatable bonds is 5. The molecular weight excluding hydrogens is 455 g/mol. The molecule has 1 saturated heterocycles. The van der Waals surface area contributed by atoms with Gasteiger partial charge in [-0.2, -0.15) is 0 Å². The minimum absolute atomic E-state index is 0.200. The average Bonchev–Trinajstić information content (AvgIpc) is 3.13. The first-order chi connectivity index (χ1) is 15.2. The third kappa shape index (κ3) is 5.21. The fourth-order valence-electron chi connectivity index (χ4n) is 4.37. The van der Waals surface area contributed by atoms with E-state index in [9.17, 15) is 17.8 Å². The van der Waals surface area contributed by atoms with Gasteiger partial charge in [0.2, 0.25) is 5.09 Å². The van der Waals surface area contributed by atoms with Gasteiger partial charge in [-0.15, -0.1) is 0 Å². The van der Waals surface area contributed by atoms with Crippen LogP contribution in [0.5, 0.6) is 0 Å². The molecule has 2 amide bonds. The molecule has 2 heterocycles. The molecule has 1 aliphatic carbocycles. The second-order valence-electron chi connectivity index (χ2n) is 8.39. The van der Waals surface area contributed by atoms with Crippen LogP contribution in [0.2, 0.25) is 0 Å². The zero-order valence-corrected chi connectivity index (χ0v) is 19.9. The predicted octanol–water partition coefficient (Wildman–Crippen LogP) is 5.31. The van der Waals surface area contributed by atoms with Gasteiger partial charge in [-0.3, -0.25) is 0 Å². The Hall–Kier alpha value is -1.83. The van der Waals surface area contributed by atoms with Gasteiger partial charge in [-0.25, -0.2) is 22.1 Å². The van der Waals surface area contributed by atoms with Crippen LogP contribution in [0.25, 0.3) is 0 Å². The van der Waals surface area contributed by atoms with Gasteiger partial charge in [0.15, 0.2) is 11.0 Å². The highest BCUT2D eigenvalue weighted by molar-refractivity contribution is 7.82. The number of amides is 2. The van der Waals surface area contributed by atoms with E-state index in [1.54, 1.807) is 26.5 Å². The summed E-state index contributed by atoms with van der Waals surface area (Å²) in [6.45, 7) is 2.27. The lowest BCUT2D eigenvalue weighted by Gasteiger charge is -2.32. The largest absolute Gasteiger partial charge is 0.449 e. The number of piperidine rings is 1. The maximum absolute atomic E-state index is 13.5. The fourth-order valence-corrected chi connectivity index (χ4v) is 5.92. The number of carbonyl (C=O) groups is 1. The molecule has 1 aromatic carbocycles. The van der Waals surface area contributed by atoms with Crippen LogP contribution in [0.4, 0.5) is 25.0 Å². The second-order valence-corrected chi connectivity index (χ2v) is 10.6. The molecule has 6 nitrogen and oxygen atoms in total. The van der Waals surface area contributed by atoms with Crippen LogP contribution in [0.3, 0.4) is 0 Å². The average molecular weight is 484 g/mol. The summed E-state index contributed by atoms with van der Waals surface area (Å²) in [7, 11) is -0.0111. The number of alkyl halides is 2. The van der Waals surface area contributed by atoms with Gasteiger partial charge >= 0.3 is 6.03 Å². The Morgan fingerprint density at radius 1 is 1.19 bits per heavy atom. The number of halogens is 2. The molecule has 2 unspecified atom stereocenters. The lowest BCUT2D eigenvalue weighted by molar-refractivity contribution is 0.0133. The maximum Gasteiger partial charge on any atom is 0.323 e. The van der Waals surface area contributed by atoms with Gasteiger partial charge in [-0.1, -0.05) is 21.4 Å². The number of furan rings is 1. The highest BCUT2D eigenvalue weighted by Crippen LogP contribution is 2.39. The number of hydrogen-bond acceptors (Lipinski definition) is 3. The van der Waals surface area contributed by atoms with Crippen LogP contribution in [0, 0.1) is 12.8 Å². The number of carbonyl (C=O) groups excluding carboxylic acids is 1. The number of nitrogens with zero attached hydrogens (tertiary/aromatic N) is 1. The van der Waals surface area contributed by atoms with Crippen LogP contribution in [0.1, 0.15) is 42.6 Å². The smallest absolute Gasteiger partial charge is 0.323 e. The van der Waals surface area contributed by atoms with E-state index < -0.39 is 28.6 Å². The first kappa shape index (κ1) is 23.3. The van der Waals surface area contributed by atoms with Crippen LogP contribution >= 0.6 is 9.24 Å². The van der Waals surface area contributed by atoms with Crippen molar-refractivity contribution in [3.05, 3.63) is 41.2 Å². The summed E-state index contributed by atoms with van der Waals surface area (Å²) in [4.78, 5) is 12.6. The van der Waals surface area contributed by atoms with E-state index in [1.165, 1.54) is 11.1 Å². The quantitative estimate of drug-likeness (QED) is 0.566. The Labute approximate surface area is 191 Å². The first-order valence-electron chi connectivity index (χ1n) is 10.8. The summed E-state index contributed by atoms with van der Waals surface area (Å²) in [6, 6.07) is 7.09. The molecule has 174 valence electrons. The molecule has 2 aromatic rings. The number of urea groups is 1. The summed E-state index contributed by atoms with van der Waals surface area (Å²) in [5, 5.41) is 5.89. The Morgan fingerprint density at radius 3 is 2.59 bits per heavy atom. The number of fused-ring (bicyclic) bond motifs is 1. The lowest BCUT2D eigenvalue weighted by Crippen LogP contribution is -2.39. The number of aryl methyl sites for hydroxylation is 2. The van der Waals surface area contributed by atoms with Crippen molar-refractivity contribution in [1.29, 1.82) is 0 Å². The number of hydrogen-bond donors (Lipinski definition) is 2. The van der Waals surface area contributed by atoms with E-state index in [1.807, 2.05) is 12.1 Å². The van der Waals surface area contributed by atoms with Crippen molar-refractivity contribution in [2.75, 3.05) is 23.7 Å². The Kier molecular flexibility index (Phi) is 6.98. The van der Waals surface area contributed by atoms with Crippen molar-refractivity contribution in [3.63, 3.8) is 0 Å². The predicted molar refractivity (Wildman–Crippen MR) is 125 cm³/mol. The van der Waals surface area contributed by atoms with E-state index >= 15 is 0 Å². The number of nitrogens with one attached hydrogen (secondary N) is 2. The van der Waals surface area contributed by atoms with E-state index in [0.717, 1.165) is 31.4 Å². The molecule has 10 heteroatoms. The maximum atomic E-state index is 13.5. The SMILES string of the molecule is Cc1oc(S(=O)N2CCC(C(F)(F)P)CC2)cc1NC(=O)Nc1cccc2c1CCCC2. The molecule has 2 aliphatic rings. The highest BCUT2D eigenvalue weighted by Gasteiger charge is 2.38. The Bertz CT molecular complexity index is 1020. The Balaban J connectivity index is 1.39. The van der Waals surface area contributed by atoms with Crippen LogP contribution in [-0.2, 0) is 23.8 Å². The van der Waals surface area contributed by atoms with Gasteiger partial charge in [0.1, 0.15) is 5.76 Å². The van der Waals surface area contributed by atoms with Crippen molar-refractivity contribution >= 4 is 37.6 Å². The van der Waals surface area contributed by atoms with Crippen molar-refractivity contribution in [2.45, 2.75) is 56.2 Å². The van der Waals surface area contributed by atoms with Crippen molar-refractivity contribution in [1.82, 2.24) is 4.31 Å². The monoisotopic (exact) mass is 483 g/mol. The van der Waals surface area contributed by atoms with E-state index in [4.69, 9.17) is 4.42 Å².